The second-order valence-electron chi connectivity index (χ2n) is 3.11. The number of hydrogen-bond acceptors (Lipinski definition) is 2. The van der Waals surface area contributed by atoms with Gasteiger partial charge in [0.1, 0.15) is 5.54 Å². The first-order chi connectivity index (χ1) is 5.79. The number of halogens is 3. The molecule has 0 spiro atoms. The molecule has 80 valence electrons. The molecule has 13 heavy (non-hydrogen) atoms. The van der Waals surface area contributed by atoms with Crippen molar-refractivity contribution in [3.05, 3.63) is 0 Å². The monoisotopic (exact) mass is 199 g/mol. The molecule has 2 atom stereocenters. The minimum Gasteiger partial charge on any atom is -0.379 e. The van der Waals surface area contributed by atoms with E-state index in [0.29, 0.717) is 0 Å². The van der Waals surface area contributed by atoms with Gasteiger partial charge in [0, 0.05) is 7.11 Å². The van der Waals surface area contributed by atoms with Gasteiger partial charge in [-0.1, -0.05) is 6.92 Å². The lowest BCUT2D eigenvalue weighted by atomic mass is 9.95. The van der Waals surface area contributed by atoms with Gasteiger partial charge in [-0.3, -0.25) is 0 Å². The van der Waals surface area contributed by atoms with Crippen molar-refractivity contribution in [1.82, 2.24) is 5.32 Å². The Bertz CT molecular complexity index is 160. The van der Waals surface area contributed by atoms with Crippen molar-refractivity contribution in [3.8, 4) is 0 Å². The Balaban J connectivity index is 4.72. The van der Waals surface area contributed by atoms with Crippen LogP contribution in [0.5, 0.6) is 0 Å². The largest absolute Gasteiger partial charge is 0.408 e. The normalized spacial score (nSPS) is 19.6. The number of likely N-dealkylation sites (N-methyl/N-ethyl adjacent to an activating group) is 1. The first kappa shape index (κ1) is 12.7. The van der Waals surface area contributed by atoms with Gasteiger partial charge in [-0.05, 0) is 20.4 Å². The lowest BCUT2D eigenvalue weighted by molar-refractivity contribution is -0.219. The second-order valence-corrected chi connectivity index (χ2v) is 3.11. The maximum absolute atomic E-state index is 12.6. The van der Waals surface area contributed by atoms with Crippen LogP contribution in [0.15, 0.2) is 0 Å². The summed E-state index contributed by atoms with van der Waals surface area (Å²) in [6.07, 6.45) is -5.22. The highest BCUT2D eigenvalue weighted by Crippen LogP contribution is 2.33. The lowest BCUT2D eigenvalue weighted by Gasteiger charge is -2.37. The summed E-state index contributed by atoms with van der Waals surface area (Å²) in [5, 5.41) is 2.40. The first-order valence-electron chi connectivity index (χ1n) is 4.14. The van der Waals surface area contributed by atoms with Gasteiger partial charge in [-0.25, -0.2) is 0 Å². The quantitative estimate of drug-likeness (QED) is 0.747. The van der Waals surface area contributed by atoms with Crippen molar-refractivity contribution in [2.75, 3.05) is 13.7 Å². The van der Waals surface area contributed by atoms with Crippen molar-refractivity contribution in [1.29, 1.82) is 0 Å². The van der Waals surface area contributed by atoms with E-state index in [-0.39, 0.29) is 6.54 Å². The molecule has 0 saturated heterocycles. The van der Waals surface area contributed by atoms with Gasteiger partial charge in [0.05, 0.1) is 6.10 Å². The van der Waals surface area contributed by atoms with Crippen molar-refractivity contribution >= 4 is 0 Å². The van der Waals surface area contributed by atoms with Gasteiger partial charge in [0.15, 0.2) is 0 Å². The predicted molar refractivity (Wildman–Crippen MR) is 44.6 cm³/mol. The molecule has 0 aliphatic rings. The Morgan fingerprint density at radius 2 is 1.85 bits per heavy atom. The summed E-state index contributed by atoms with van der Waals surface area (Å²) in [6, 6.07) is 0. The molecule has 0 rings (SSSR count). The van der Waals surface area contributed by atoms with Gasteiger partial charge in [0.2, 0.25) is 0 Å². The number of ether oxygens (including phenoxy) is 1. The molecule has 0 radical (unpaired) electrons. The molecule has 0 aromatic carbocycles. The van der Waals surface area contributed by atoms with Crippen molar-refractivity contribution < 1.29 is 17.9 Å². The van der Waals surface area contributed by atoms with Crippen LogP contribution in [-0.4, -0.2) is 31.5 Å². The molecule has 0 aliphatic heterocycles. The van der Waals surface area contributed by atoms with Crippen LogP contribution < -0.4 is 5.32 Å². The summed E-state index contributed by atoms with van der Waals surface area (Å²) in [5.74, 6) is 0. The second kappa shape index (κ2) is 4.28. The molecule has 2 unspecified atom stereocenters. The Labute approximate surface area is 76.5 Å². The molecule has 0 fully saturated rings. The Morgan fingerprint density at radius 3 is 2.08 bits per heavy atom. The maximum atomic E-state index is 12.6. The molecule has 0 aromatic heterocycles. The lowest BCUT2D eigenvalue weighted by Crippen LogP contribution is -2.61. The zero-order valence-corrected chi connectivity index (χ0v) is 8.33. The van der Waals surface area contributed by atoms with E-state index in [9.17, 15) is 13.2 Å². The Morgan fingerprint density at radius 1 is 1.38 bits per heavy atom. The van der Waals surface area contributed by atoms with Crippen molar-refractivity contribution in [2.45, 2.75) is 38.6 Å². The average molecular weight is 199 g/mol. The minimum atomic E-state index is -4.31. The van der Waals surface area contributed by atoms with Crippen LogP contribution in [0, 0.1) is 0 Å². The minimum absolute atomic E-state index is 0.254. The van der Waals surface area contributed by atoms with E-state index in [2.05, 4.69) is 5.32 Å². The molecule has 0 bridgehead atoms. The molecular formula is C8H16F3NO. The molecular weight excluding hydrogens is 183 g/mol. The third-order valence-electron chi connectivity index (χ3n) is 2.30. The van der Waals surface area contributed by atoms with Crippen molar-refractivity contribution in [3.63, 3.8) is 0 Å². The van der Waals surface area contributed by atoms with Crippen LogP contribution >= 0.6 is 0 Å². The summed E-state index contributed by atoms with van der Waals surface area (Å²) in [5.41, 5.74) is -1.98. The fourth-order valence-corrected chi connectivity index (χ4v) is 1.08. The smallest absolute Gasteiger partial charge is 0.379 e. The highest BCUT2D eigenvalue weighted by molar-refractivity contribution is 4.95. The third-order valence-corrected chi connectivity index (χ3v) is 2.30. The summed E-state index contributed by atoms with van der Waals surface area (Å²) in [7, 11) is 1.27. The zero-order chi connectivity index (χ0) is 10.7. The van der Waals surface area contributed by atoms with Gasteiger partial charge in [0.25, 0.3) is 0 Å². The number of alkyl halides is 3. The number of rotatable bonds is 4. The highest BCUT2D eigenvalue weighted by Gasteiger charge is 2.54. The Kier molecular flexibility index (Phi) is 4.19. The van der Waals surface area contributed by atoms with E-state index >= 15 is 0 Å². The van der Waals surface area contributed by atoms with E-state index in [1.807, 2.05) is 0 Å². The van der Waals surface area contributed by atoms with Gasteiger partial charge < -0.3 is 10.1 Å². The van der Waals surface area contributed by atoms with Gasteiger partial charge >= 0.3 is 6.18 Å². The molecule has 2 nitrogen and oxygen atoms in total. The van der Waals surface area contributed by atoms with Crippen molar-refractivity contribution in [2.24, 2.45) is 0 Å². The van der Waals surface area contributed by atoms with Crippen LogP contribution in [0.2, 0.25) is 0 Å². The van der Waals surface area contributed by atoms with Crippen LogP contribution in [0.1, 0.15) is 20.8 Å². The number of nitrogens with one attached hydrogen (secondary N) is 1. The molecule has 0 amide bonds. The summed E-state index contributed by atoms with van der Waals surface area (Å²) in [6.45, 7) is 4.39. The average Bonchev–Trinajstić information content (AvgIpc) is 2.01. The van der Waals surface area contributed by atoms with Crippen LogP contribution in [-0.2, 0) is 4.74 Å². The SMILES string of the molecule is CCNC(C)(C(C)OC)C(F)(F)F. The maximum Gasteiger partial charge on any atom is 0.408 e. The summed E-state index contributed by atoms with van der Waals surface area (Å²) in [4.78, 5) is 0. The Hall–Kier alpha value is -0.290. The van der Waals surface area contributed by atoms with Gasteiger partial charge in [-0.2, -0.15) is 13.2 Å². The molecule has 5 heteroatoms. The predicted octanol–water partition coefficient (Wildman–Crippen LogP) is 1.95. The molecule has 0 heterocycles. The van der Waals surface area contributed by atoms with E-state index in [1.165, 1.54) is 14.0 Å². The standard InChI is InChI=1S/C8H16F3NO/c1-5-12-7(3,6(2)13-4)8(9,10)11/h6,12H,5H2,1-4H3. The van der Waals surface area contributed by atoms with Crippen LogP contribution in [0.25, 0.3) is 0 Å². The third kappa shape index (κ3) is 2.57. The molecule has 0 aliphatic carbocycles. The topological polar surface area (TPSA) is 21.3 Å². The number of hydrogen-bond donors (Lipinski definition) is 1. The fraction of sp³-hybridized carbons (Fsp3) is 1.00. The van der Waals surface area contributed by atoms with Crippen LogP contribution in [0.4, 0.5) is 13.2 Å². The molecule has 0 aromatic rings. The summed E-state index contributed by atoms with van der Waals surface area (Å²) < 4.78 is 42.5. The molecule has 1 N–H and O–H groups in total. The number of methoxy groups -OCH3 is 1. The van der Waals surface area contributed by atoms with Crippen LogP contribution in [0.3, 0.4) is 0 Å². The van der Waals surface area contributed by atoms with E-state index in [0.717, 1.165) is 6.92 Å². The van der Waals surface area contributed by atoms with Gasteiger partial charge in [-0.15, -0.1) is 0 Å². The first-order valence-corrected chi connectivity index (χ1v) is 4.14. The highest BCUT2D eigenvalue weighted by atomic mass is 19.4. The fourth-order valence-electron chi connectivity index (χ4n) is 1.08. The van der Waals surface area contributed by atoms with E-state index in [4.69, 9.17) is 4.74 Å². The zero-order valence-electron chi connectivity index (χ0n) is 8.33. The van der Waals surface area contributed by atoms with E-state index < -0.39 is 17.8 Å². The van der Waals surface area contributed by atoms with E-state index in [1.54, 1.807) is 6.92 Å². The molecule has 0 saturated carbocycles. The summed E-state index contributed by atoms with van der Waals surface area (Å²) >= 11 is 0.